The molecule has 2 unspecified atom stereocenters. The van der Waals surface area contributed by atoms with Crippen LogP contribution in [0.5, 0.6) is 17.2 Å². The number of thioether (sulfide) groups is 1. The smallest absolute Gasteiger partial charge is 0.336 e. The highest BCUT2D eigenvalue weighted by Gasteiger charge is 2.56. The Hall–Kier alpha value is -5.33. The molecule has 5 aliphatic heterocycles. The average Bonchev–Trinajstić information content (AvgIpc) is 3.96. The molecular formula is C47H51N3O18S. The summed E-state index contributed by atoms with van der Waals surface area (Å²) in [5.41, 5.74) is -4.54. The number of phenols is 2. The van der Waals surface area contributed by atoms with Crippen LogP contribution in [0.1, 0.15) is 114 Å². The van der Waals surface area contributed by atoms with Crippen molar-refractivity contribution in [3.05, 3.63) is 51.6 Å². The van der Waals surface area contributed by atoms with Gasteiger partial charge in [0.15, 0.2) is 17.9 Å². The highest BCUT2D eigenvalue weighted by molar-refractivity contribution is 8.01. The van der Waals surface area contributed by atoms with E-state index in [1.54, 1.807) is 6.92 Å². The van der Waals surface area contributed by atoms with E-state index in [1.807, 2.05) is 0 Å². The first-order chi connectivity index (χ1) is 33.0. The number of aliphatic hydroxyl groups excluding tert-OH is 1. The van der Waals surface area contributed by atoms with Crippen molar-refractivity contribution in [2.24, 2.45) is 11.8 Å². The quantitative estimate of drug-likeness (QED) is 0.156. The largest absolute Gasteiger partial charge is 0.507 e. The molecule has 2 aromatic rings. The monoisotopic (exact) mass is 977 g/mol. The molecule has 4 N–H and O–H groups in total. The molecule has 4 amide bonds. The number of hydroxylamine groups is 2. The summed E-state index contributed by atoms with van der Waals surface area (Å²) < 4.78 is 31.0. The van der Waals surface area contributed by atoms with E-state index in [2.05, 4.69) is 4.90 Å². The van der Waals surface area contributed by atoms with Crippen LogP contribution >= 0.6 is 11.8 Å². The van der Waals surface area contributed by atoms with Crippen LogP contribution in [0.2, 0.25) is 0 Å². The lowest BCUT2D eigenvalue weighted by molar-refractivity contribution is -0.247. The number of likely N-dealkylation sites (tertiary alicyclic amines) is 1. The number of aliphatic hydroxyl groups is 2. The van der Waals surface area contributed by atoms with Crippen molar-refractivity contribution >= 4 is 58.7 Å². The molecule has 0 radical (unpaired) electrons. The van der Waals surface area contributed by atoms with Crippen molar-refractivity contribution in [2.45, 2.75) is 124 Å². The lowest BCUT2D eigenvalue weighted by Crippen LogP contribution is -2.54. The predicted molar refractivity (Wildman–Crippen MR) is 232 cm³/mol. The fraction of sp³-hybridized carbons (Fsp3) is 0.574. The van der Waals surface area contributed by atoms with Gasteiger partial charge in [-0.1, -0.05) is 12.1 Å². The Kier molecular flexibility index (Phi) is 12.4. The Morgan fingerprint density at radius 1 is 0.928 bits per heavy atom. The van der Waals surface area contributed by atoms with Gasteiger partial charge in [0.1, 0.15) is 47.2 Å². The predicted octanol–water partition coefficient (Wildman–Crippen LogP) is 1.34. The van der Waals surface area contributed by atoms with Gasteiger partial charge < -0.3 is 48.9 Å². The molecule has 3 aliphatic carbocycles. The Morgan fingerprint density at radius 3 is 2.36 bits per heavy atom. The number of Topliss-reactive ketones (excluding diaryl/α,β-unsaturated/α-hetero) is 1. The van der Waals surface area contributed by atoms with E-state index in [0.717, 1.165) is 0 Å². The van der Waals surface area contributed by atoms with Crippen molar-refractivity contribution in [1.82, 2.24) is 14.9 Å². The van der Waals surface area contributed by atoms with Crippen LogP contribution in [0, 0.1) is 11.8 Å². The molecule has 368 valence electrons. The SMILES string of the molecule is COc1cccc2c1C(=O)c1c(O)c3c(c(O)c1C2=O)C[C@@](O)(C(=O)CO)C[C@@H]3O[C@H]1C[C@H]2[C@H](O[C@@H]3C(SC4CC(=O)N(CC5CCC(C(=O)ON6C(=O)CCC6=O)CC5)C4=O)OCCN32)[C@H](C)O1. The molecule has 8 aliphatic rings. The second-order valence-electron chi connectivity index (χ2n) is 18.9. The van der Waals surface area contributed by atoms with Gasteiger partial charge in [0.05, 0.1) is 53.8 Å². The maximum atomic E-state index is 14.1. The maximum Gasteiger partial charge on any atom is 0.336 e. The number of phenolic OH excluding ortho intramolecular Hbond substituents is 2. The van der Waals surface area contributed by atoms with Crippen molar-refractivity contribution in [3.63, 3.8) is 0 Å². The first-order valence-electron chi connectivity index (χ1n) is 23.2. The third-order valence-corrected chi connectivity index (χ3v) is 16.3. The molecule has 9 atom stereocenters. The zero-order chi connectivity index (χ0) is 48.8. The summed E-state index contributed by atoms with van der Waals surface area (Å²) in [7, 11) is 1.32. The number of morpholine rings is 1. The summed E-state index contributed by atoms with van der Waals surface area (Å²) in [5.74, 6) is -6.92. The molecule has 2 aromatic carbocycles. The molecule has 0 aromatic heterocycles. The van der Waals surface area contributed by atoms with Crippen LogP contribution in [0.25, 0.3) is 0 Å². The standard InChI is InChI=1S/C47H51N3O18S/c1-20-42-25(48-12-13-64-46(44(48)67-42)69-28-15-32(55)49(43(28)60)18-21-6-8-22(9-7-21)45(61)68-50-30(53)10-11-31(50)54)14-33(65-20)66-27-17-47(62,29(52)19-51)16-24-35(27)41(59)37-36(39(24)57)38(56)23-4-3-5-26(63-2)34(23)40(37)58/h3-5,20-22,25,27-28,33,42,44,46,51,57,59,62H,6-19H2,1-2H3/t20-,21?,22?,25-,27-,28?,33-,42+,44+,46?,47-/m0/s1. The number of methoxy groups -OCH3 is 1. The molecule has 22 heteroatoms. The van der Waals surface area contributed by atoms with Crippen LogP contribution in [0.15, 0.2) is 18.2 Å². The second kappa shape index (κ2) is 18.1. The third kappa shape index (κ3) is 8.01. The summed E-state index contributed by atoms with van der Waals surface area (Å²) in [5, 5.41) is 45.2. The third-order valence-electron chi connectivity index (χ3n) is 14.9. The Morgan fingerprint density at radius 2 is 1.65 bits per heavy atom. The van der Waals surface area contributed by atoms with Gasteiger partial charge in [-0.05, 0) is 44.6 Å². The molecule has 0 spiro atoms. The number of aromatic hydroxyl groups is 2. The number of hydrogen-bond acceptors (Lipinski definition) is 20. The first kappa shape index (κ1) is 47.4. The highest BCUT2D eigenvalue weighted by Crippen LogP contribution is 2.53. The van der Waals surface area contributed by atoms with Crippen molar-refractivity contribution in [1.29, 1.82) is 0 Å². The number of imide groups is 2. The summed E-state index contributed by atoms with van der Waals surface area (Å²) in [6.45, 7) is 1.58. The Balaban J connectivity index is 0.819. The number of rotatable bonds is 11. The maximum absolute atomic E-state index is 14.1. The minimum Gasteiger partial charge on any atom is -0.507 e. The number of hydrogen-bond donors (Lipinski definition) is 4. The van der Waals surface area contributed by atoms with Gasteiger partial charge in [-0.2, -0.15) is 0 Å². The van der Waals surface area contributed by atoms with Gasteiger partial charge in [-0.3, -0.25) is 43.4 Å². The van der Waals surface area contributed by atoms with Crippen LogP contribution in [0.3, 0.4) is 0 Å². The van der Waals surface area contributed by atoms with Gasteiger partial charge in [0.2, 0.25) is 17.6 Å². The van der Waals surface area contributed by atoms with Gasteiger partial charge in [-0.15, -0.1) is 16.8 Å². The summed E-state index contributed by atoms with van der Waals surface area (Å²) >= 11 is 1.20. The fourth-order valence-corrected chi connectivity index (χ4v) is 12.7. The second-order valence-corrected chi connectivity index (χ2v) is 20.2. The average molecular weight is 978 g/mol. The lowest BCUT2D eigenvalue weighted by Gasteiger charge is -2.43. The van der Waals surface area contributed by atoms with E-state index in [1.165, 1.54) is 42.0 Å². The van der Waals surface area contributed by atoms with Gasteiger partial charge >= 0.3 is 5.97 Å². The molecule has 5 saturated heterocycles. The van der Waals surface area contributed by atoms with Gasteiger partial charge in [0.25, 0.3) is 11.8 Å². The number of amides is 4. The van der Waals surface area contributed by atoms with E-state index in [9.17, 15) is 58.8 Å². The number of ketones is 3. The van der Waals surface area contributed by atoms with Crippen LogP contribution < -0.4 is 4.74 Å². The molecule has 1 saturated carbocycles. The lowest BCUT2D eigenvalue weighted by atomic mass is 9.72. The van der Waals surface area contributed by atoms with Crippen molar-refractivity contribution in [3.8, 4) is 17.2 Å². The zero-order valence-corrected chi connectivity index (χ0v) is 38.5. The molecular weight excluding hydrogens is 927 g/mol. The van der Waals surface area contributed by atoms with Crippen LogP contribution in [-0.4, -0.2) is 163 Å². The molecule has 10 rings (SSSR count). The van der Waals surface area contributed by atoms with E-state index in [0.29, 0.717) is 37.3 Å². The zero-order valence-electron chi connectivity index (χ0n) is 37.7. The number of fused-ring (bicyclic) bond motifs is 6. The van der Waals surface area contributed by atoms with Gasteiger partial charge in [0, 0.05) is 74.3 Å². The summed E-state index contributed by atoms with van der Waals surface area (Å²) in [6, 6.07) is 4.00. The first-order valence-corrected chi connectivity index (χ1v) is 24.1. The van der Waals surface area contributed by atoms with Crippen LogP contribution in [0.4, 0.5) is 0 Å². The Bertz CT molecular complexity index is 2550. The number of carbonyl (C=O) groups is 8. The molecule has 0 bridgehead atoms. The molecule has 69 heavy (non-hydrogen) atoms. The Labute approximate surface area is 398 Å². The normalized spacial score (nSPS) is 33.2. The fourth-order valence-electron chi connectivity index (χ4n) is 11.4. The molecule has 21 nitrogen and oxygen atoms in total. The molecule has 6 fully saturated rings. The summed E-state index contributed by atoms with van der Waals surface area (Å²) in [4.78, 5) is 113. The van der Waals surface area contributed by atoms with E-state index in [-0.39, 0.29) is 90.6 Å². The van der Waals surface area contributed by atoms with Gasteiger partial charge in [-0.25, -0.2) is 4.79 Å². The summed E-state index contributed by atoms with van der Waals surface area (Å²) in [6.07, 6.45) is -3.44. The van der Waals surface area contributed by atoms with E-state index >= 15 is 0 Å². The topological polar surface area (TPSA) is 283 Å². The highest BCUT2D eigenvalue weighted by atomic mass is 32.2. The van der Waals surface area contributed by atoms with Crippen molar-refractivity contribution in [2.75, 3.05) is 33.4 Å². The minimum atomic E-state index is -2.32. The van der Waals surface area contributed by atoms with Crippen molar-refractivity contribution < 1.29 is 87.3 Å². The number of benzene rings is 2. The number of nitrogens with zero attached hydrogens (tertiary/aromatic N) is 3. The van der Waals surface area contributed by atoms with E-state index < -0.39 is 130 Å². The van der Waals surface area contributed by atoms with E-state index in [4.69, 9.17) is 28.5 Å². The minimum absolute atomic E-state index is 0.00145. The number of carbonyl (C=O) groups excluding carboxylic acids is 8. The molecule has 5 heterocycles. The van der Waals surface area contributed by atoms with Crippen LogP contribution in [-0.2, 0) is 59.0 Å². The number of ether oxygens (including phenoxy) is 5.